The van der Waals surface area contributed by atoms with Gasteiger partial charge < -0.3 is 25.3 Å². The van der Waals surface area contributed by atoms with E-state index in [1.165, 1.54) is 16.3 Å². The quantitative estimate of drug-likeness (QED) is 0.203. The molecule has 2 amide bonds. The van der Waals surface area contributed by atoms with Gasteiger partial charge in [-0.1, -0.05) is 19.9 Å². The maximum atomic E-state index is 13.8. The Kier molecular flexibility index (Phi) is 8.82. The van der Waals surface area contributed by atoms with Crippen LogP contribution in [-0.2, 0) is 27.2 Å². The summed E-state index contributed by atoms with van der Waals surface area (Å²) >= 11 is 3.69. The van der Waals surface area contributed by atoms with E-state index in [9.17, 15) is 24.6 Å². The van der Waals surface area contributed by atoms with E-state index in [-0.39, 0.29) is 30.4 Å². The second-order valence-corrected chi connectivity index (χ2v) is 15.3. The molecule has 3 fully saturated rings. The molecule has 0 radical (unpaired) electrons. The van der Waals surface area contributed by atoms with Gasteiger partial charge in [0.2, 0.25) is 0 Å². The fourth-order valence-electron chi connectivity index (χ4n) is 5.59. The number of benzene rings is 1. The van der Waals surface area contributed by atoms with Crippen molar-refractivity contribution >= 4 is 62.8 Å². The van der Waals surface area contributed by atoms with Crippen molar-refractivity contribution in [2.24, 2.45) is 11.3 Å². The zero-order chi connectivity index (χ0) is 31.3. The lowest BCUT2D eigenvalue weighted by Gasteiger charge is -2.52. The summed E-state index contributed by atoms with van der Waals surface area (Å²) in [4.78, 5) is 46.5. The van der Waals surface area contributed by atoms with E-state index in [1.807, 2.05) is 31.4 Å². The number of carboxylic acid groups (broad SMARTS) is 1. The monoisotopic (exact) mass is 723 g/mol. The zero-order valence-electron chi connectivity index (χ0n) is 24.9. The molecule has 3 aliphatic rings. The summed E-state index contributed by atoms with van der Waals surface area (Å²) in [7, 11) is 0. The largest absolute Gasteiger partial charge is 0.480 e. The van der Waals surface area contributed by atoms with E-state index in [1.54, 1.807) is 20.8 Å². The first kappa shape index (κ1) is 31.7. The summed E-state index contributed by atoms with van der Waals surface area (Å²) in [5.74, 6) is -1.43. The van der Waals surface area contributed by atoms with Gasteiger partial charge in [-0.2, -0.15) is 0 Å². The fourth-order valence-corrected chi connectivity index (χ4v) is 7.21. The van der Waals surface area contributed by atoms with E-state index < -0.39 is 35.7 Å². The number of aliphatic hydroxyl groups excluding tert-OH is 1. The minimum atomic E-state index is -1.01. The third kappa shape index (κ3) is 6.99. The number of carbonyl (C=O) groups is 3. The molecule has 4 heterocycles. The summed E-state index contributed by atoms with van der Waals surface area (Å²) in [6.45, 7) is 9.37. The number of carboxylic acids is 1. The molecule has 6 rings (SSSR count). The van der Waals surface area contributed by atoms with E-state index in [4.69, 9.17) is 9.72 Å². The first-order valence-electron chi connectivity index (χ1n) is 14.3. The standard InChI is InChI=1S/C30H38IN5O6S/c1-29(2,3)42-28(41)34-21(26(38)36-17-8-16(9-17)24(35-36)27(39)40)11-23-32-22(13-43-23)15-6-7-20-18(10-15)19(25(31)33-20)12-30(4,5)14-37/h6-7,10,13,16-17,21,24,33,35,37H,8-9,11-12,14H2,1-5H3,(H,34,41)(H,39,40)/t16?,17?,21-,24-/m0/s1. The number of carbonyl (C=O) groups excluding carboxylic acids is 2. The molecule has 0 spiro atoms. The number of aromatic nitrogens is 2. The van der Waals surface area contributed by atoms with Crippen molar-refractivity contribution in [2.45, 2.75) is 84.0 Å². The van der Waals surface area contributed by atoms with Crippen molar-refractivity contribution in [3.8, 4) is 11.3 Å². The number of rotatable bonds is 9. The van der Waals surface area contributed by atoms with Crippen LogP contribution in [0.3, 0.4) is 0 Å². The SMILES string of the molecule is CC(C)(CO)Cc1c(I)[nH]c2ccc(-c3csc(C[C@H](NC(=O)OC(C)(C)C)C(=O)N4N[C@H](C(=O)O)C5CC4C5)n3)cc12. The van der Waals surface area contributed by atoms with Gasteiger partial charge in [-0.25, -0.2) is 15.2 Å². The Hall–Kier alpha value is -2.75. The Balaban J connectivity index is 1.39. The molecular weight excluding hydrogens is 685 g/mol. The number of hydrogen-bond donors (Lipinski definition) is 5. The fraction of sp³-hybridized carbons (Fsp3) is 0.533. The normalized spacial score (nSPS) is 20.9. The Morgan fingerprint density at radius 1 is 1.23 bits per heavy atom. The molecule has 1 aliphatic carbocycles. The Morgan fingerprint density at radius 2 is 1.95 bits per heavy atom. The maximum Gasteiger partial charge on any atom is 0.408 e. The number of H-pyrrole nitrogens is 1. The van der Waals surface area contributed by atoms with Crippen LogP contribution in [-0.4, -0.2) is 73.5 Å². The predicted octanol–water partition coefficient (Wildman–Crippen LogP) is 4.47. The van der Waals surface area contributed by atoms with E-state index in [0.717, 1.165) is 31.4 Å². The molecule has 1 aromatic carbocycles. The molecule has 232 valence electrons. The summed E-state index contributed by atoms with van der Waals surface area (Å²) in [5, 5.41) is 27.2. The first-order chi connectivity index (χ1) is 20.1. The average molecular weight is 724 g/mol. The Bertz CT molecular complexity index is 1540. The Labute approximate surface area is 267 Å². The van der Waals surface area contributed by atoms with Gasteiger partial charge in [-0.3, -0.25) is 14.6 Å². The first-order valence-corrected chi connectivity index (χ1v) is 16.3. The number of aliphatic carboxylic acids is 1. The van der Waals surface area contributed by atoms with Crippen molar-refractivity contribution in [1.29, 1.82) is 0 Å². The second-order valence-electron chi connectivity index (χ2n) is 13.2. The number of fused-ring (bicyclic) bond motifs is 3. The topological polar surface area (TPSA) is 157 Å². The van der Waals surface area contributed by atoms with Gasteiger partial charge in [0, 0.05) is 40.9 Å². The predicted molar refractivity (Wildman–Crippen MR) is 171 cm³/mol. The molecule has 3 aromatic rings. The van der Waals surface area contributed by atoms with Gasteiger partial charge in [0.15, 0.2) is 0 Å². The van der Waals surface area contributed by atoms with Crippen LogP contribution in [0.4, 0.5) is 4.79 Å². The number of hydrazine groups is 1. The molecule has 13 heteroatoms. The molecule has 5 N–H and O–H groups in total. The van der Waals surface area contributed by atoms with Gasteiger partial charge in [0.25, 0.3) is 5.91 Å². The second kappa shape index (κ2) is 12.0. The molecular formula is C30H38IN5O6S. The molecule has 1 saturated carbocycles. The smallest absolute Gasteiger partial charge is 0.408 e. The average Bonchev–Trinajstić information content (AvgIpc) is 3.49. The number of hydrogen-bond acceptors (Lipinski definition) is 8. The van der Waals surface area contributed by atoms with Crippen molar-refractivity contribution in [2.75, 3.05) is 6.61 Å². The lowest BCUT2D eigenvalue weighted by molar-refractivity contribution is -0.165. The van der Waals surface area contributed by atoms with Gasteiger partial charge in [-0.15, -0.1) is 11.3 Å². The van der Waals surface area contributed by atoms with Crippen LogP contribution >= 0.6 is 33.9 Å². The minimum absolute atomic E-state index is 0.0128. The van der Waals surface area contributed by atoms with E-state index >= 15 is 0 Å². The zero-order valence-corrected chi connectivity index (χ0v) is 27.8. The molecule has 43 heavy (non-hydrogen) atoms. The molecule has 2 aromatic heterocycles. The number of alkyl carbamates (subject to hydrolysis) is 1. The van der Waals surface area contributed by atoms with Gasteiger partial charge in [0.05, 0.1) is 14.4 Å². The molecule has 2 bridgehead atoms. The van der Waals surface area contributed by atoms with Crippen LogP contribution < -0.4 is 10.7 Å². The van der Waals surface area contributed by atoms with E-state index in [2.05, 4.69) is 44.4 Å². The summed E-state index contributed by atoms with van der Waals surface area (Å²) in [6, 6.07) is 4.13. The highest BCUT2D eigenvalue weighted by molar-refractivity contribution is 14.1. The molecule has 2 saturated heterocycles. The molecule has 11 nitrogen and oxygen atoms in total. The number of ether oxygens (including phenoxy) is 1. The Morgan fingerprint density at radius 3 is 2.60 bits per heavy atom. The van der Waals surface area contributed by atoms with Crippen LogP contribution in [0.25, 0.3) is 22.2 Å². The highest BCUT2D eigenvalue weighted by Gasteiger charge is 2.50. The van der Waals surface area contributed by atoms with Gasteiger partial charge >= 0.3 is 12.1 Å². The maximum absolute atomic E-state index is 13.8. The molecule has 0 unspecified atom stereocenters. The summed E-state index contributed by atoms with van der Waals surface area (Å²) in [6.07, 6.45) is 1.31. The molecule has 2 atom stereocenters. The number of halogens is 1. The number of amides is 2. The van der Waals surface area contributed by atoms with Crippen molar-refractivity contribution in [3.63, 3.8) is 0 Å². The lowest BCUT2D eigenvalue weighted by atomic mass is 9.73. The van der Waals surface area contributed by atoms with E-state index in [0.29, 0.717) is 24.3 Å². The van der Waals surface area contributed by atoms with Gasteiger partial charge in [0.1, 0.15) is 17.7 Å². The number of thiazole rings is 1. The summed E-state index contributed by atoms with van der Waals surface area (Å²) in [5.41, 5.74) is 5.66. The van der Waals surface area contributed by atoms with Crippen molar-refractivity contribution in [3.05, 3.63) is 37.9 Å². The molecule has 2 aliphatic heterocycles. The van der Waals surface area contributed by atoms with Crippen molar-refractivity contribution in [1.82, 2.24) is 25.7 Å². The van der Waals surface area contributed by atoms with Gasteiger partial charge in [-0.05, 0) is 91.7 Å². The number of nitrogens with one attached hydrogen (secondary N) is 3. The number of nitrogens with zero attached hydrogens (tertiary/aromatic N) is 2. The van der Waals surface area contributed by atoms with Crippen LogP contribution in [0.2, 0.25) is 0 Å². The van der Waals surface area contributed by atoms with Crippen LogP contribution in [0.15, 0.2) is 23.6 Å². The van der Waals surface area contributed by atoms with Crippen molar-refractivity contribution < 1.29 is 29.3 Å². The lowest BCUT2D eigenvalue weighted by Crippen LogP contribution is -2.71. The highest BCUT2D eigenvalue weighted by Crippen LogP contribution is 2.39. The minimum Gasteiger partial charge on any atom is -0.480 e. The van der Waals surface area contributed by atoms with Crippen LogP contribution in [0, 0.1) is 15.0 Å². The number of aromatic amines is 1. The van der Waals surface area contributed by atoms with Crippen LogP contribution in [0.1, 0.15) is 58.0 Å². The third-order valence-corrected chi connectivity index (χ3v) is 9.71. The third-order valence-electron chi connectivity index (χ3n) is 7.92. The number of aliphatic hydroxyl groups is 1. The highest BCUT2D eigenvalue weighted by atomic mass is 127. The van der Waals surface area contributed by atoms with Crippen LogP contribution in [0.5, 0.6) is 0 Å². The summed E-state index contributed by atoms with van der Waals surface area (Å²) < 4.78 is 6.48.